The summed E-state index contributed by atoms with van der Waals surface area (Å²) in [5.74, 6) is 1.00. The van der Waals surface area contributed by atoms with Gasteiger partial charge in [-0.25, -0.2) is 0 Å². The summed E-state index contributed by atoms with van der Waals surface area (Å²) in [6, 6.07) is 0. The van der Waals surface area contributed by atoms with Gasteiger partial charge < -0.3 is 0 Å². The van der Waals surface area contributed by atoms with Crippen LogP contribution in [0.2, 0.25) is 0 Å². The van der Waals surface area contributed by atoms with Crippen molar-refractivity contribution in [1.29, 1.82) is 0 Å². The van der Waals surface area contributed by atoms with Crippen LogP contribution in [0.5, 0.6) is 0 Å². The molecule has 0 spiro atoms. The minimum atomic E-state index is -0.106. The summed E-state index contributed by atoms with van der Waals surface area (Å²) < 4.78 is 0. The van der Waals surface area contributed by atoms with E-state index in [1.807, 2.05) is 0 Å². The molecule has 0 saturated heterocycles. The number of hydrogen-bond acceptors (Lipinski definition) is 3. The van der Waals surface area contributed by atoms with Crippen LogP contribution in [0.3, 0.4) is 0 Å². The smallest absolute Gasteiger partial charge is 0.273 e. The average Bonchev–Trinajstić information content (AvgIpc) is 2.98. The van der Waals surface area contributed by atoms with Gasteiger partial charge in [-0.3, -0.25) is 15.0 Å². The minimum Gasteiger partial charge on any atom is -0.300 e. The van der Waals surface area contributed by atoms with Crippen molar-refractivity contribution in [2.24, 2.45) is 5.92 Å². The molecule has 2 heterocycles. The summed E-state index contributed by atoms with van der Waals surface area (Å²) in [4.78, 5) is 11.9. The van der Waals surface area contributed by atoms with Crippen molar-refractivity contribution in [3.8, 4) is 11.3 Å². The molecular weight excluding hydrogens is 216 g/mol. The zero-order valence-corrected chi connectivity index (χ0v) is 10.1. The molecule has 17 heavy (non-hydrogen) atoms. The van der Waals surface area contributed by atoms with Crippen LogP contribution in [-0.2, 0) is 6.42 Å². The van der Waals surface area contributed by atoms with Crippen molar-refractivity contribution < 1.29 is 0 Å². The molecule has 0 radical (unpaired) electrons. The van der Waals surface area contributed by atoms with Crippen LogP contribution in [0, 0.1) is 5.92 Å². The molecular formula is C12H16N4O. The van der Waals surface area contributed by atoms with Gasteiger partial charge in [-0.15, -0.1) is 5.10 Å². The van der Waals surface area contributed by atoms with Crippen LogP contribution in [-0.4, -0.2) is 20.4 Å². The Labute approximate surface area is 99.0 Å². The first-order valence-corrected chi connectivity index (χ1v) is 6.12. The highest BCUT2D eigenvalue weighted by atomic mass is 16.1. The van der Waals surface area contributed by atoms with Crippen LogP contribution in [0.25, 0.3) is 11.3 Å². The molecule has 0 amide bonds. The molecule has 1 saturated carbocycles. The zero-order chi connectivity index (χ0) is 12.0. The van der Waals surface area contributed by atoms with E-state index in [1.165, 1.54) is 12.8 Å². The maximum Gasteiger partial charge on any atom is 0.273 e. The Morgan fingerprint density at radius 3 is 2.71 bits per heavy atom. The molecule has 0 aromatic rings. The minimum absolute atomic E-state index is 0.106. The van der Waals surface area contributed by atoms with E-state index in [2.05, 4.69) is 34.2 Å². The second kappa shape index (κ2) is 3.68. The fraction of sp³-hybridized carbons (Fsp3) is 0.583. The Hall–Kier alpha value is -1.65. The van der Waals surface area contributed by atoms with Gasteiger partial charge in [-0.05, 0) is 31.1 Å². The molecule has 5 nitrogen and oxygen atoms in total. The summed E-state index contributed by atoms with van der Waals surface area (Å²) in [5, 5.41) is 14.0. The number of nitrogens with one attached hydrogen (secondary N) is 2. The first-order chi connectivity index (χ1) is 8.16. The fourth-order valence-corrected chi connectivity index (χ4v) is 2.18. The second-order valence-electron chi connectivity index (χ2n) is 5.17. The molecule has 0 atom stereocenters. The fourth-order valence-electron chi connectivity index (χ4n) is 2.18. The van der Waals surface area contributed by atoms with Gasteiger partial charge in [-0.1, -0.05) is 13.8 Å². The van der Waals surface area contributed by atoms with Crippen LogP contribution >= 0.6 is 0 Å². The van der Waals surface area contributed by atoms with Crippen LogP contribution < -0.4 is 5.56 Å². The largest absolute Gasteiger partial charge is 0.300 e. The number of fused-ring (bicyclic) bond motifs is 1. The lowest BCUT2D eigenvalue weighted by molar-refractivity contribution is 0.773. The van der Waals surface area contributed by atoms with E-state index in [4.69, 9.17) is 0 Å². The molecule has 3 rings (SSSR count). The van der Waals surface area contributed by atoms with Crippen LogP contribution in [0.4, 0.5) is 0 Å². The van der Waals surface area contributed by atoms with E-state index < -0.39 is 0 Å². The molecule has 0 unspecified atom stereocenters. The van der Waals surface area contributed by atoms with Crippen molar-refractivity contribution in [3.63, 3.8) is 0 Å². The Kier molecular flexibility index (Phi) is 2.28. The number of hydrogen-bond donors (Lipinski definition) is 2. The Balaban J connectivity index is 2.11. The molecule has 2 aliphatic heterocycles. The molecule has 1 aliphatic carbocycles. The third kappa shape index (κ3) is 1.75. The van der Waals surface area contributed by atoms with Crippen molar-refractivity contribution >= 4 is 0 Å². The van der Waals surface area contributed by atoms with Gasteiger partial charge in [0.2, 0.25) is 0 Å². The van der Waals surface area contributed by atoms with Gasteiger partial charge in [0.15, 0.2) is 0 Å². The van der Waals surface area contributed by atoms with Crippen molar-refractivity contribution in [2.45, 2.75) is 39.0 Å². The van der Waals surface area contributed by atoms with E-state index in [-0.39, 0.29) is 5.56 Å². The average molecular weight is 232 g/mol. The maximum absolute atomic E-state index is 11.9. The quantitative estimate of drug-likeness (QED) is 0.845. The molecule has 0 aromatic heterocycles. The Morgan fingerprint density at radius 1 is 1.29 bits per heavy atom. The molecule has 3 aliphatic rings. The molecule has 1 fully saturated rings. The second-order valence-corrected chi connectivity index (χ2v) is 5.17. The summed E-state index contributed by atoms with van der Waals surface area (Å²) in [6.45, 7) is 4.14. The monoisotopic (exact) mass is 232 g/mol. The SMILES string of the molecule is CC(C)c1[nH][nH]c(=O)c2c(CC3CC3)nnc1-2. The van der Waals surface area contributed by atoms with Gasteiger partial charge in [-0.2, -0.15) is 5.10 Å². The van der Waals surface area contributed by atoms with E-state index >= 15 is 0 Å². The van der Waals surface area contributed by atoms with Crippen molar-refractivity contribution in [3.05, 3.63) is 21.7 Å². The molecule has 2 N–H and O–H groups in total. The van der Waals surface area contributed by atoms with E-state index in [0.29, 0.717) is 17.4 Å². The third-order valence-electron chi connectivity index (χ3n) is 3.35. The third-order valence-corrected chi connectivity index (χ3v) is 3.35. The summed E-state index contributed by atoms with van der Waals surface area (Å²) in [6.07, 6.45) is 3.39. The summed E-state index contributed by atoms with van der Waals surface area (Å²) in [7, 11) is 0. The van der Waals surface area contributed by atoms with Crippen LogP contribution in [0.15, 0.2) is 4.79 Å². The first kappa shape index (κ1) is 10.5. The lowest BCUT2D eigenvalue weighted by Crippen LogP contribution is -2.16. The van der Waals surface area contributed by atoms with Gasteiger partial charge in [0.25, 0.3) is 5.56 Å². The molecule has 0 aromatic carbocycles. The normalized spacial score (nSPS) is 15.9. The number of aromatic nitrogens is 4. The van der Waals surface area contributed by atoms with E-state index in [0.717, 1.165) is 23.5 Å². The Morgan fingerprint density at radius 2 is 2.06 bits per heavy atom. The van der Waals surface area contributed by atoms with Crippen molar-refractivity contribution in [1.82, 2.24) is 20.4 Å². The van der Waals surface area contributed by atoms with Gasteiger partial charge in [0, 0.05) is 0 Å². The molecule has 5 heteroatoms. The summed E-state index contributed by atoms with van der Waals surface area (Å²) in [5.41, 5.74) is 3.12. The van der Waals surface area contributed by atoms with Crippen molar-refractivity contribution in [2.75, 3.05) is 0 Å². The standard InChI is InChI=1S/C12H16N4O/c1-6(2)10-11-9(12(17)16-14-10)8(13-15-11)5-7-3-4-7/h6-7,14H,3-5H2,1-2H3,(H,16,17). The highest BCUT2D eigenvalue weighted by Gasteiger charge is 2.28. The first-order valence-electron chi connectivity index (χ1n) is 6.12. The number of H-pyrrole nitrogens is 2. The van der Waals surface area contributed by atoms with Gasteiger partial charge in [0.1, 0.15) is 5.69 Å². The van der Waals surface area contributed by atoms with Gasteiger partial charge >= 0.3 is 0 Å². The lowest BCUT2D eigenvalue weighted by Gasteiger charge is -2.09. The maximum atomic E-state index is 11.9. The van der Waals surface area contributed by atoms with Gasteiger partial charge in [0.05, 0.1) is 17.0 Å². The Bertz CT molecular complexity index is 565. The zero-order valence-electron chi connectivity index (χ0n) is 10.1. The highest BCUT2D eigenvalue weighted by Crippen LogP contribution is 2.35. The number of nitrogens with zero attached hydrogens (tertiary/aromatic N) is 2. The predicted octanol–water partition coefficient (Wildman–Crippen LogP) is 1.67. The number of rotatable bonds is 3. The summed E-state index contributed by atoms with van der Waals surface area (Å²) >= 11 is 0. The topological polar surface area (TPSA) is 74.4 Å². The predicted molar refractivity (Wildman–Crippen MR) is 64.1 cm³/mol. The van der Waals surface area contributed by atoms with E-state index in [1.54, 1.807) is 0 Å². The van der Waals surface area contributed by atoms with Crippen LogP contribution in [0.1, 0.15) is 44.0 Å². The lowest BCUT2D eigenvalue weighted by atomic mass is 10.0. The number of aromatic amines is 2. The molecule has 0 bridgehead atoms. The van der Waals surface area contributed by atoms with E-state index in [9.17, 15) is 4.79 Å². The highest BCUT2D eigenvalue weighted by molar-refractivity contribution is 5.64. The molecule has 90 valence electrons.